The van der Waals surface area contributed by atoms with Gasteiger partial charge in [-0.05, 0) is 0 Å². The van der Waals surface area contributed by atoms with E-state index in [4.69, 9.17) is 29.5 Å². The molecule has 0 saturated carbocycles. The van der Waals surface area contributed by atoms with E-state index in [0.29, 0.717) is 0 Å². The number of hydrogen-bond acceptors (Lipinski definition) is 6. The molecule has 8 nitrogen and oxygen atoms in total. The molecule has 2 N–H and O–H groups in total. The van der Waals surface area contributed by atoms with Crippen LogP contribution in [-0.4, -0.2) is 28.1 Å². The number of rotatable bonds is 2. The molecule has 0 rings (SSSR count). The molecule has 0 aliphatic rings. The molecule has 0 aliphatic heterocycles. The quantitative estimate of drug-likeness (QED) is 0.279. The summed E-state index contributed by atoms with van der Waals surface area (Å²) in [5, 5.41) is 15.0. The van der Waals surface area contributed by atoms with E-state index >= 15 is 0 Å². The summed E-state index contributed by atoms with van der Waals surface area (Å²) in [4.78, 5) is 44.3. The van der Waals surface area contributed by atoms with Gasteiger partial charge in [0.25, 0.3) is 0 Å². The number of halogens is 2. The minimum absolute atomic E-state index is 0. The minimum Gasteiger partial charge on any atom is -0.822 e. The summed E-state index contributed by atoms with van der Waals surface area (Å²) in [7, 11) is -5.39. The van der Waals surface area contributed by atoms with Crippen molar-refractivity contribution in [1.82, 2.24) is 0 Å². The Bertz CT molecular complexity index is 255. The van der Waals surface area contributed by atoms with Gasteiger partial charge >= 0.3 is 74.4 Å². The molecule has 0 spiro atoms. The van der Waals surface area contributed by atoms with Crippen LogP contribution in [0.5, 0.6) is 0 Å². The van der Waals surface area contributed by atoms with Gasteiger partial charge in [0.1, 0.15) is 0 Å². The fraction of sp³-hybridized carbons (Fsp3) is 0.333. The zero-order chi connectivity index (χ0) is 12.2. The summed E-state index contributed by atoms with van der Waals surface area (Å²) in [5.41, 5.74) is 0. The van der Waals surface area contributed by atoms with Crippen LogP contribution in [0.1, 0.15) is 0 Å². The van der Waals surface area contributed by atoms with E-state index in [-0.39, 0.29) is 56.6 Å². The van der Waals surface area contributed by atoms with E-state index in [9.17, 15) is 18.4 Å². The second kappa shape index (κ2) is 11.8. The van der Waals surface area contributed by atoms with Crippen LogP contribution in [0, 0.1) is 0 Å². The van der Waals surface area contributed by atoms with Crippen LogP contribution in [0.2, 0.25) is 0 Å². The van der Waals surface area contributed by atoms with E-state index in [2.05, 4.69) is 0 Å². The number of carbonyl (C=O) groups is 2. The fourth-order valence-electron chi connectivity index (χ4n) is 0.0915. The van der Waals surface area contributed by atoms with Gasteiger partial charge in [-0.2, -0.15) is 16.6 Å². The van der Waals surface area contributed by atoms with Crippen LogP contribution in [0.25, 0.3) is 0 Å². The second-order valence-electron chi connectivity index (χ2n) is 1.63. The van der Waals surface area contributed by atoms with Crippen molar-refractivity contribution in [3.63, 3.8) is 0 Å². The van der Waals surface area contributed by atoms with Crippen LogP contribution in [-0.2, 0) is 14.2 Å². The second-order valence-corrected chi connectivity index (χ2v) is 2.53. The van der Waals surface area contributed by atoms with Crippen molar-refractivity contribution in [3.05, 3.63) is 0 Å². The van der Waals surface area contributed by atoms with Crippen molar-refractivity contribution in [3.8, 4) is 0 Å². The molecule has 0 amide bonds. The molecule has 0 aromatic rings. The number of hydrogen-bond donors (Lipinski definition) is 2. The first-order chi connectivity index (χ1) is 5.89. The molecule has 0 atom stereocenters. The Morgan fingerprint density at radius 1 is 0.941 bits per heavy atom. The third-order valence-corrected chi connectivity index (χ3v) is 0.537. The Morgan fingerprint density at radius 3 is 1.06 bits per heavy atom. The first kappa shape index (κ1) is 30.6. The average molecular weight is 256 g/mol. The molecule has 84 valence electrons. The Balaban J connectivity index is -0.0000000533. The summed E-state index contributed by atoms with van der Waals surface area (Å²) < 4.78 is 31.5. The van der Waals surface area contributed by atoms with Gasteiger partial charge in [0.05, 0.1) is 0 Å². The van der Waals surface area contributed by atoms with Crippen molar-refractivity contribution in [2.75, 3.05) is 0 Å². The molecule has 14 heteroatoms. The monoisotopic (exact) mass is 256 g/mol. The van der Waals surface area contributed by atoms with E-state index in [1.807, 2.05) is 0 Å². The molecule has 0 heterocycles. The molecule has 0 radical (unpaired) electrons. The fourth-order valence-corrected chi connectivity index (χ4v) is 0.0915. The van der Waals surface area contributed by atoms with Gasteiger partial charge in [-0.15, -0.1) is 0 Å². The Labute approximate surface area is 130 Å². The largest absolute Gasteiger partial charge is 1.00 e. The molecule has 0 fully saturated rings. The van der Waals surface area contributed by atoms with Crippen molar-refractivity contribution in [1.29, 1.82) is 0 Å². The van der Waals surface area contributed by atoms with Crippen LogP contribution in [0.3, 0.4) is 0 Å². The number of phosphoric acid groups is 1. The van der Waals surface area contributed by atoms with Gasteiger partial charge in [0, 0.05) is 0 Å². The number of alkyl halides is 2. The maximum Gasteiger partial charge on any atom is 1.00 e. The molecular weight excluding hydrogens is 254 g/mol. The number of aliphatic carboxylic acids is 2. The minimum atomic E-state index is -5.39. The predicted octanol–water partition coefficient (Wildman–Crippen LogP) is -12.0. The molecule has 0 aliphatic carbocycles. The van der Waals surface area contributed by atoms with Gasteiger partial charge in [-0.25, -0.2) is 9.59 Å². The summed E-state index contributed by atoms with van der Waals surface area (Å²) in [6, 6.07) is 0. The first-order valence-electron chi connectivity index (χ1n) is 2.46. The summed E-state index contributed by atoms with van der Waals surface area (Å²) >= 11 is 0. The van der Waals surface area contributed by atoms with Crippen molar-refractivity contribution in [2.45, 2.75) is 5.92 Å². The van der Waals surface area contributed by atoms with Gasteiger partial charge in [0.2, 0.25) is 0 Å². The Kier molecular flexibility index (Phi) is 21.2. The molecular formula is C3H2F2Li3O8P. The standard InChI is InChI=1S/C3H2F2O4.3Li.H3O4P/c4-3(5,1(6)7)2(8)9;;;;1-5(2,3)4/h(H,6,7)(H,8,9);;;;(H3,1,2,3,4)/q;3*+1;/p-3. The zero-order valence-corrected chi connectivity index (χ0v) is 9.94. The van der Waals surface area contributed by atoms with Crippen LogP contribution < -0.4 is 71.3 Å². The van der Waals surface area contributed by atoms with Gasteiger partial charge in [-0.3, -0.25) is 0 Å². The van der Waals surface area contributed by atoms with E-state index in [1.54, 1.807) is 0 Å². The van der Waals surface area contributed by atoms with Crippen LogP contribution >= 0.6 is 7.82 Å². The van der Waals surface area contributed by atoms with E-state index in [0.717, 1.165) is 0 Å². The number of carboxylic acid groups (broad SMARTS) is 2. The van der Waals surface area contributed by atoms with Crippen molar-refractivity contribution in [2.24, 2.45) is 0 Å². The van der Waals surface area contributed by atoms with Gasteiger partial charge in [0.15, 0.2) is 0 Å². The van der Waals surface area contributed by atoms with Gasteiger partial charge in [-0.1, -0.05) is 0 Å². The van der Waals surface area contributed by atoms with Crippen LogP contribution in [0.4, 0.5) is 8.78 Å². The third kappa shape index (κ3) is 22.4. The maximum absolute atomic E-state index is 11.5. The first-order valence-corrected chi connectivity index (χ1v) is 3.92. The molecule has 0 saturated heterocycles. The molecule has 17 heavy (non-hydrogen) atoms. The smallest absolute Gasteiger partial charge is 0.822 e. The molecule has 0 aromatic carbocycles. The molecule has 0 bridgehead atoms. The zero-order valence-electron chi connectivity index (χ0n) is 9.05. The van der Waals surface area contributed by atoms with Crippen molar-refractivity contribution < 1.29 is 104 Å². The normalized spacial score (nSPS) is 9.24. The van der Waals surface area contributed by atoms with Gasteiger partial charge < -0.3 is 29.5 Å². The van der Waals surface area contributed by atoms with Crippen LogP contribution in [0.15, 0.2) is 0 Å². The third-order valence-electron chi connectivity index (χ3n) is 0.537. The number of carboxylic acids is 2. The Hall–Kier alpha value is 0.702. The topological polar surface area (TPSA) is 161 Å². The summed E-state index contributed by atoms with van der Waals surface area (Å²) in [5.74, 6) is -9.98. The molecule has 0 unspecified atom stereocenters. The molecule has 0 aromatic heterocycles. The predicted molar refractivity (Wildman–Crippen MR) is 27.8 cm³/mol. The SMILES string of the molecule is O=C(O)C(F)(F)C(=O)O.O=P([O-])([O-])[O-].[Li+].[Li+].[Li+]. The average Bonchev–Trinajstić information content (AvgIpc) is 1.82. The van der Waals surface area contributed by atoms with E-state index < -0.39 is 25.7 Å². The summed E-state index contributed by atoms with van der Waals surface area (Å²) in [6.45, 7) is 0. The maximum atomic E-state index is 11.5. The van der Waals surface area contributed by atoms with E-state index in [1.165, 1.54) is 0 Å². The summed E-state index contributed by atoms with van der Waals surface area (Å²) in [6.07, 6.45) is 0. The Morgan fingerprint density at radius 2 is 1.06 bits per heavy atom. The van der Waals surface area contributed by atoms with Crippen molar-refractivity contribution >= 4 is 19.8 Å².